The summed E-state index contributed by atoms with van der Waals surface area (Å²) in [5, 5.41) is -3.21. The lowest BCUT2D eigenvalue weighted by Crippen LogP contribution is -2.01. The Bertz CT molecular complexity index is 4190. The van der Waals surface area contributed by atoms with E-state index in [4.69, 9.17) is 31.8 Å². The highest BCUT2D eigenvalue weighted by atomic mass is 16.3. The first kappa shape index (κ1) is 11.6. The summed E-state index contributed by atoms with van der Waals surface area (Å²) < 4.78 is 237. The van der Waals surface area contributed by atoms with Crippen molar-refractivity contribution in [3.05, 3.63) is 157 Å². The van der Waals surface area contributed by atoms with Crippen molar-refractivity contribution in [2.24, 2.45) is 0 Å². The van der Waals surface area contributed by atoms with Crippen molar-refractivity contribution in [3.8, 4) is 39.9 Å². The van der Waals surface area contributed by atoms with Gasteiger partial charge in [0.2, 0.25) is 0 Å². The number of fused-ring (bicyclic) bond motifs is 7. The van der Waals surface area contributed by atoms with E-state index in [-0.39, 0.29) is 0 Å². The van der Waals surface area contributed by atoms with Gasteiger partial charge >= 0.3 is 0 Å². The van der Waals surface area contributed by atoms with E-state index in [0.29, 0.717) is 0 Å². The molecule has 0 aliphatic rings. The van der Waals surface area contributed by atoms with Gasteiger partial charge in [-0.3, -0.25) is 0 Å². The van der Waals surface area contributed by atoms with Gasteiger partial charge in [0.05, 0.1) is 63.3 Å². The molecule has 0 saturated heterocycles. The van der Waals surface area contributed by atoms with Crippen molar-refractivity contribution < 1.29 is 40.1 Å². The van der Waals surface area contributed by atoms with Crippen molar-refractivity contribution in [2.45, 2.75) is 0 Å². The highest BCUT2D eigenvalue weighted by Crippen LogP contribution is 2.42. The second-order valence-corrected chi connectivity index (χ2v) is 10.1. The highest BCUT2D eigenvalue weighted by Gasteiger charge is 2.23. The minimum absolute atomic E-state index is 0.489. The van der Waals surface area contributed by atoms with Crippen LogP contribution >= 0.6 is 0 Å². The van der Waals surface area contributed by atoms with Crippen LogP contribution in [-0.4, -0.2) is 19.5 Å². The molecule has 0 atom stereocenters. The molecule has 0 amide bonds. The molecule has 5 heteroatoms. The quantitative estimate of drug-likeness (QED) is 0.192. The molecule has 10 rings (SSSR count). The molecule has 7 aromatic carbocycles. The number of aromatic nitrogens is 4. The topological polar surface area (TPSA) is 56.7 Å². The fraction of sp³-hybridized carbons (Fsp3) is 0. The van der Waals surface area contributed by atoms with Crippen LogP contribution in [0.3, 0.4) is 0 Å². The second kappa shape index (κ2) is 10.5. The largest absolute Gasteiger partial charge is 0.455 e. The molecule has 5 nitrogen and oxygen atoms in total. The lowest BCUT2D eigenvalue weighted by molar-refractivity contribution is 0.669. The van der Waals surface area contributed by atoms with Crippen LogP contribution in [0, 0.1) is 0 Å². The number of nitrogens with zero attached hydrogens (tertiary/aromatic N) is 4. The van der Waals surface area contributed by atoms with Gasteiger partial charge in [0.1, 0.15) is 11.2 Å². The first-order valence-electron chi connectivity index (χ1n) is 26.9. The minimum Gasteiger partial charge on any atom is -0.455 e. The minimum atomic E-state index is -1.02. The zero-order valence-corrected chi connectivity index (χ0v) is 23.7. The zero-order valence-electron chi connectivity index (χ0n) is 49.7. The number of hydrogen-bond donors (Lipinski definition) is 0. The highest BCUT2D eigenvalue weighted by molar-refractivity contribution is 6.18. The van der Waals surface area contributed by atoms with E-state index in [0.717, 1.165) is 4.57 Å². The molecule has 224 valence electrons. The monoisotopic (exact) mass is 640 g/mol. The van der Waals surface area contributed by atoms with Gasteiger partial charge in [-0.05, 0) is 47.0 Å². The third-order valence-electron chi connectivity index (χ3n) is 7.42. The van der Waals surface area contributed by atoms with Crippen LogP contribution < -0.4 is 0 Å². The molecule has 0 saturated carbocycles. The van der Waals surface area contributed by atoms with E-state index < -0.39 is 251 Å². The van der Waals surface area contributed by atoms with Crippen LogP contribution in [0.5, 0.6) is 0 Å². The van der Waals surface area contributed by atoms with Crippen molar-refractivity contribution in [1.82, 2.24) is 19.5 Å². The summed E-state index contributed by atoms with van der Waals surface area (Å²) in [6.07, 6.45) is 0. The maximum absolute atomic E-state index is 9.91. The number of benzene rings is 7. The molecule has 0 radical (unpaired) electrons. The number of rotatable bonds is 4. The molecule has 0 fully saturated rings. The number of hydrogen-bond acceptors (Lipinski definition) is 4. The van der Waals surface area contributed by atoms with Crippen LogP contribution in [0.2, 0.25) is 0 Å². The Morgan fingerprint density at radius 2 is 1.06 bits per heavy atom. The molecular formula is C43H26N4O. The van der Waals surface area contributed by atoms with Crippen LogP contribution in [0.4, 0.5) is 0 Å². The SMILES string of the molecule is [2H]c1c([2H])c([2H])c(-c2nc(-c3c([2H])c([2H])c([2H])c([2H])c3[2H])nc(-c3c([2H])c([2H])c(-n4c5c([2H])c([2H])c([2H])c([2H])c5c5c([2H])c6c([2H])c([2H])c([2H])c([2H])c6c([2H])c54)c4c3oc3c([2H])c([2H])c([2H])c([2H])c34)n2)c([2H])c1[2H]. The predicted octanol–water partition coefficient (Wildman–Crippen LogP) is 11.0. The smallest absolute Gasteiger partial charge is 0.167 e. The van der Waals surface area contributed by atoms with Crippen molar-refractivity contribution >= 4 is 54.5 Å². The van der Waals surface area contributed by atoms with Crippen molar-refractivity contribution in [2.75, 3.05) is 0 Å². The summed E-state index contributed by atoms with van der Waals surface area (Å²) in [5.41, 5.74) is -5.45. The van der Waals surface area contributed by atoms with Crippen LogP contribution in [-0.2, 0) is 0 Å². The summed E-state index contributed by atoms with van der Waals surface area (Å²) in [4.78, 5) is 13.0. The Morgan fingerprint density at radius 3 is 1.79 bits per heavy atom. The van der Waals surface area contributed by atoms with E-state index in [9.17, 15) is 8.22 Å². The molecule has 3 aromatic heterocycles. The number of furan rings is 1. The van der Waals surface area contributed by atoms with Crippen molar-refractivity contribution in [1.29, 1.82) is 0 Å². The van der Waals surface area contributed by atoms with Crippen LogP contribution in [0.1, 0.15) is 35.6 Å². The predicted molar refractivity (Wildman–Crippen MR) is 195 cm³/mol. The maximum Gasteiger partial charge on any atom is 0.167 e. The molecule has 0 aliphatic carbocycles. The van der Waals surface area contributed by atoms with E-state index in [1.807, 2.05) is 0 Å². The van der Waals surface area contributed by atoms with Gasteiger partial charge in [0, 0.05) is 27.3 Å². The average molecular weight is 641 g/mol. The Balaban J connectivity index is 1.49. The van der Waals surface area contributed by atoms with Crippen LogP contribution in [0.25, 0.3) is 94.4 Å². The first-order valence-corrected chi connectivity index (χ1v) is 13.9. The third kappa shape index (κ3) is 4.08. The Labute approximate surface area is 311 Å². The third-order valence-corrected chi connectivity index (χ3v) is 7.42. The van der Waals surface area contributed by atoms with E-state index >= 15 is 0 Å². The summed E-state index contributed by atoms with van der Waals surface area (Å²) in [6.45, 7) is 0. The van der Waals surface area contributed by atoms with Gasteiger partial charge in [0.25, 0.3) is 0 Å². The van der Waals surface area contributed by atoms with Gasteiger partial charge in [-0.15, -0.1) is 0 Å². The van der Waals surface area contributed by atoms with Crippen molar-refractivity contribution in [3.63, 3.8) is 0 Å². The van der Waals surface area contributed by atoms with E-state index in [2.05, 4.69) is 15.0 Å². The van der Waals surface area contributed by atoms with Crippen LogP contribution in [0.15, 0.2) is 162 Å². The lowest BCUT2D eigenvalue weighted by Gasteiger charge is -2.13. The fourth-order valence-electron chi connectivity index (χ4n) is 5.43. The zero-order chi connectivity index (χ0) is 54.2. The van der Waals surface area contributed by atoms with Gasteiger partial charge in [0.15, 0.2) is 17.5 Å². The molecular weight excluding hydrogens is 589 g/mol. The van der Waals surface area contributed by atoms with Gasteiger partial charge in [-0.25, -0.2) is 15.0 Å². The standard InChI is InChI=1S/C43H26N4O/c1-3-13-27(14-4-1)41-44-42(28-15-5-2-6-16-28)46-43(45-41)33-23-24-36(39-32-20-10-12-22-38(32)48-40(33)39)47-35-21-11-9-19-31(35)34-25-29-17-7-8-18-30(29)26-37(34)47/h1-26H/i1D,2D,3D,4D,5D,6D,7D,8D,9D,10D,11D,12D,13D,14D,15D,16D,17D,18D,19D,20D,21D,22D,23D,24D,25D,26D. The first-order chi connectivity index (χ1) is 34.6. The molecule has 0 aliphatic heterocycles. The average Bonchev–Trinajstić information content (AvgIpc) is 3.94. The fourth-order valence-corrected chi connectivity index (χ4v) is 5.43. The summed E-state index contributed by atoms with van der Waals surface area (Å²) in [5.74, 6) is -2.46. The summed E-state index contributed by atoms with van der Waals surface area (Å²) in [6, 6.07) is -22.5. The van der Waals surface area contributed by atoms with Gasteiger partial charge in [-0.1, -0.05) is 121 Å². The molecule has 0 N–H and O–H groups in total. The van der Waals surface area contributed by atoms with Gasteiger partial charge in [-0.2, -0.15) is 0 Å². The van der Waals surface area contributed by atoms with E-state index in [1.165, 1.54) is 0 Å². The molecule has 48 heavy (non-hydrogen) atoms. The van der Waals surface area contributed by atoms with E-state index in [1.54, 1.807) is 0 Å². The Hall–Kier alpha value is -6.59. The molecule has 3 heterocycles. The Kier molecular flexibility index (Phi) is 2.53. The molecule has 10 aromatic rings. The maximum atomic E-state index is 9.91. The molecule has 0 unspecified atom stereocenters. The number of para-hydroxylation sites is 2. The van der Waals surface area contributed by atoms with Gasteiger partial charge < -0.3 is 8.98 Å². The molecule has 0 spiro atoms. The summed E-state index contributed by atoms with van der Waals surface area (Å²) in [7, 11) is 0. The Morgan fingerprint density at radius 1 is 0.479 bits per heavy atom. The second-order valence-electron chi connectivity index (χ2n) is 10.1. The normalized spacial score (nSPS) is 19.3. The lowest BCUT2D eigenvalue weighted by atomic mass is 10.0. The summed E-state index contributed by atoms with van der Waals surface area (Å²) >= 11 is 0. The molecule has 0 bridgehead atoms.